The van der Waals surface area contributed by atoms with E-state index in [0.29, 0.717) is 24.7 Å². The number of hydrogen-bond acceptors (Lipinski definition) is 7. The summed E-state index contributed by atoms with van der Waals surface area (Å²) in [5.41, 5.74) is 0.323. The second-order valence-electron chi connectivity index (χ2n) is 6.88. The van der Waals surface area contributed by atoms with E-state index in [1.54, 1.807) is 6.20 Å². The Morgan fingerprint density at radius 2 is 1.46 bits per heavy atom. The summed E-state index contributed by atoms with van der Waals surface area (Å²) in [6.45, 7) is 2.32. The van der Waals surface area contributed by atoms with Gasteiger partial charge in [-0.05, 0) is 31.6 Å². The molecular weight excluding hydrogens is 425 g/mol. The molecule has 7 nitrogen and oxygen atoms in total. The van der Waals surface area contributed by atoms with Crippen LogP contribution in [0, 0.1) is 5.92 Å². The second kappa shape index (κ2) is 9.11. The highest BCUT2D eigenvalue weighted by molar-refractivity contribution is 6.33. The lowest BCUT2D eigenvalue weighted by Gasteiger charge is -2.38. The predicted octanol–water partition coefficient (Wildman–Crippen LogP) is 4.31. The first-order valence-corrected chi connectivity index (χ1v) is 9.95. The van der Waals surface area contributed by atoms with E-state index in [4.69, 9.17) is 34.8 Å². The first-order valence-electron chi connectivity index (χ1n) is 8.82. The Morgan fingerprint density at radius 3 is 1.96 bits per heavy atom. The molecule has 0 aliphatic carbocycles. The van der Waals surface area contributed by atoms with Crippen LogP contribution in [0.25, 0.3) is 0 Å². The van der Waals surface area contributed by atoms with Gasteiger partial charge >= 0.3 is 0 Å². The second-order valence-corrected chi connectivity index (χ2v) is 7.98. The largest absolute Gasteiger partial charge is 0.349 e. The topological polar surface area (TPSA) is 88.9 Å². The highest BCUT2D eigenvalue weighted by atomic mass is 35.5. The van der Waals surface area contributed by atoms with Crippen LogP contribution in [-0.2, 0) is 0 Å². The summed E-state index contributed by atoms with van der Waals surface area (Å²) < 4.78 is 0. The number of fused-ring (bicyclic) bond motifs is 2. The lowest BCUT2D eigenvalue weighted by atomic mass is 9.92. The van der Waals surface area contributed by atoms with Crippen molar-refractivity contribution in [1.82, 2.24) is 19.9 Å². The monoisotopic (exact) mass is 441 g/mol. The van der Waals surface area contributed by atoms with Crippen molar-refractivity contribution >= 4 is 53.2 Å². The molecule has 2 bridgehead atoms. The molecule has 148 valence electrons. The standard InChI is InChI=1S/C13H16ClN3O.C5H2Cl2N2O/c1-8-4-9-2-3-10(5-8)17(9)12-6-15-11(7-18)13(14)16-12;6-4-1-8-3(2-10)5(7)9-4/h6-10H,2-5H2,1H3;1-2H/t8?,9-,10+;. The summed E-state index contributed by atoms with van der Waals surface area (Å²) >= 11 is 16.8. The molecule has 0 aromatic carbocycles. The summed E-state index contributed by atoms with van der Waals surface area (Å²) in [4.78, 5) is 38.8. The molecule has 2 aliphatic heterocycles. The molecule has 4 heterocycles. The average Bonchev–Trinajstić information content (AvgIpc) is 2.93. The quantitative estimate of drug-likeness (QED) is 0.654. The van der Waals surface area contributed by atoms with Gasteiger partial charge in [0.05, 0.1) is 12.4 Å². The number of piperidine rings is 1. The van der Waals surface area contributed by atoms with E-state index < -0.39 is 0 Å². The van der Waals surface area contributed by atoms with Crippen LogP contribution < -0.4 is 4.90 Å². The molecule has 0 saturated carbocycles. The zero-order chi connectivity index (χ0) is 20.3. The lowest BCUT2D eigenvalue weighted by Crippen LogP contribution is -2.43. The Bertz CT molecular complexity index is 868. The van der Waals surface area contributed by atoms with Crippen LogP contribution in [0.4, 0.5) is 5.82 Å². The van der Waals surface area contributed by atoms with Crippen molar-refractivity contribution < 1.29 is 9.59 Å². The minimum absolute atomic E-state index is 0.0301. The van der Waals surface area contributed by atoms with Crippen LogP contribution in [0.2, 0.25) is 15.5 Å². The normalized spacial score (nSPS) is 23.0. The fourth-order valence-corrected chi connectivity index (χ4v) is 4.37. The summed E-state index contributed by atoms with van der Waals surface area (Å²) in [5, 5.41) is 0.415. The Balaban J connectivity index is 0.000000192. The van der Waals surface area contributed by atoms with Crippen LogP contribution in [0.5, 0.6) is 0 Å². The van der Waals surface area contributed by atoms with E-state index >= 15 is 0 Å². The molecule has 0 amide bonds. The minimum atomic E-state index is 0.0301. The van der Waals surface area contributed by atoms with Gasteiger partial charge in [0.15, 0.2) is 22.9 Å². The third-order valence-electron chi connectivity index (χ3n) is 4.93. The lowest BCUT2D eigenvalue weighted by molar-refractivity contribution is 0.111. The van der Waals surface area contributed by atoms with Crippen molar-refractivity contribution in [2.24, 2.45) is 5.92 Å². The van der Waals surface area contributed by atoms with Gasteiger partial charge in [-0.3, -0.25) is 9.59 Å². The van der Waals surface area contributed by atoms with Gasteiger partial charge in [0.25, 0.3) is 0 Å². The Hall–Kier alpha value is -1.83. The number of carbonyl (C=O) groups is 2. The maximum absolute atomic E-state index is 10.7. The number of carbonyl (C=O) groups excluding carboxylic acids is 2. The fraction of sp³-hybridized carbons (Fsp3) is 0.444. The van der Waals surface area contributed by atoms with Gasteiger partial charge < -0.3 is 4.90 Å². The van der Waals surface area contributed by atoms with Crippen molar-refractivity contribution in [3.63, 3.8) is 0 Å². The maximum atomic E-state index is 10.7. The van der Waals surface area contributed by atoms with Gasteiger partial charge in [0, 0.05) is 12.1 Å². The van der Waals surface area contributed by atoms with Gasteiger partial charge in [0.1, 0.15) is 22.4 Å². The highest BCUT2D eigenvalue weighted by Crippen LogP contribution is 2.40. The molecule has 2 aliphatic rings. The number of anilines is 1. The molecule has 28 heavy (non-hydrogen) atoms. The zero-order valence-electron chi connectivity index (χ0n) is 15.1. The molecule has 1 unspecified atom stereocenters. The van der Waals surface area contributed by atoms with Crippen LogP contribution in [0.3, 0.4) is 0 Å². The summed E-state index contributed by atoms with van der Waals surface area (Å²) in [5.74, 6) is 1.61. The molecular formula is C18H18Cl3N5O2. The van der Waals surface area contributed by atoms with E-state index in [1.165, 1.54) is 31.9 Å². The smallest absolute Gasteiger partial charge is 0.171 e. The van der Waals surface area contributed by atoms with Gasteiger partial charge in [-0.1, -0.05) is 41.7 Å². The first kappa shape index (κ1) is 20.9. The average molecular weight is 443 g/mol. The summed E-state index contributed by atoms with van der Waals surface area (Å²) in [7, 11) is 0. The molecule has 2 aromatic rings. The third-order valence-corrected chi connectivity index (χ3v) is 5.66. The van der Waals surface area contributed by atoms with E-state index in [9.17, 15) is 9.59 Å². The maximum Gasteiger partial charge on any atom is 0.171 e. The van der Waals surface area contributed by atoms with Crippen molar-refractivity contribution in [2.75, 3.05) is 4.90 Å². The predicted molar refractivity (Wildman–Crippen MR) is 108 cm³/mol. The molecule has 0 N–H and O–H groups in total. The fourth-order valence-electron chi connectivity index (χ4n) is 3.83. The Labute approximate surface area is 177 Å². The van der Waals surface area contributed by atoms with Crippen LogP contribution in [0.1, 0.15) is 53.6 Å². The Kier molecular flexibility index (Phi) is 6.80. The zero-order valence-corrected chi connectivity index (χ0v) is 17.3. The van der Waals surface area contributed by atoms with Crippen LogP contribution in [-0.4, -0.2) is 44.6 Å². The van der Waals surface area contributed by atoms with Gasteiger partial charge in [-0.15, -0.1) is 0 Å². The molecule has 2 aromatic heterocycles. The van der Waals surface area contributed by atoms with Gasteiger partial charge in [0.2, 0.25) is 0 Å². The molecule has 0 radical (unpaired) electrons. The number of aromatic nitrogens is 4. The van der Waals surface area contributed by atoms with Crippen LogP contribution in [0.15, 0.2) is 12.4 Å². The number of hydrogen-bond donors (Lipinski definition) is 0. The SMILES string of the molecule is CC1C[C@H]2CC[C@@H](C1)N2c1cnc(C=O)c(Cl)n1.O=Cc1ncc(Cl)nc1Cl. The number of rotatable bonds is 3. The minimum Gasteiger partial charge on any atom is -0.349 e. The van der Waals surface area contributed by atoms with E-state index in [-0.39, 0.29) is 26.8 Å². The van der Waals surface area contributed by atoms with Gasteiger partial charge in [-0.2, -0.15) is 0 Å². The molecule has 2 fully saturated rings. The number of halogens is 3. The molecule has 3 atom stereocenters. The number of nitrogens with zero attached hydrogens (tertiary/aromatic N) is 5. The van der Waals surface area contributed by atoms with Crippen molar-refractivity contribution in [3.8, 4) is 0 Å². The molecule has 4 rings (SSSR count). The molecule has 10 heteroatoms. The first-order chi connectivity index (χ1) is 13.4. The molecule has 2 saturated heterocycles. The van der Waals surface area contributed by atoms with E-state index in [2.05, 4.69) is 31.8 Å². The van der Waals surface area contributed by atoms with Crippen molar-refractivity contribution in [1.29, 1.82) is 0 Å². The number of aldehydes is 2. The van der Waals surface area contributed by atoms with Crippen LogP contribution >= 0.6 is 34.8 Å². The highest BCUT2D eigenvalue weighted by Gasteiger charge is 2.40. The third kappa shape index (κ3) is 4.59. The van der Waals surface area contributed by atoms with Crippen molar-refractivity contribution in [2.45, 2.75) is 44.7 Å². The summed E-state index contributed by atoms with van der Waals surface area (Å²) in [6.07, 6.45) is 8.98. The van der Waals surface area contributed by atoms with E-state index in [1.807, 2.05) is 0 Å². The van der Waals surface area contributed by atoms with Gasteiger partial charge in [-0.25, -0.2) is 19.9 Å². The Morgan fingerprint density at radius 1 is 0.929 bits per heavy atom. The summed E-state index contributed by atoms with van der Waals surface area (Å²) in [6, 6.07) is 1.12. The molecule has 0 spiro atoms. The van der Waals surface area contributed by atoms with Crippen molar-refractivity contribution in [3.05, 3.63) is 39.2 Å². The van der Waals surface area contributed by atoms with E-state index in [0.717, 1.165) is 11.7 Å².